The van der Waals surface area contributed by atoms with E-state index in [1.807, 2.05) is 0 Å². The molecule has 0 aliphatic heterocycles. The summed E-state index contributed by atoms with van der Waals surface area (Å²) < 4.78 is 0. The molecule has 0 amide bonds. The van der Waals surface area contributed by atoms with Crippen LogP contribution in [-0.4, -0.2) is 0 Å². The summed E-state index contributed by atoms with van der Waals surface area (Å²) in [6.07, 6.45) is 3.94. The smallest absolute Gasteiger partial charge is 0.0183 e. The zero-order chi connectivity index (χ0) is 6.85. The van der Waals surface area contributed by atoms with Gasteiger partial charge in [0.25, 0.3) is 0 Å². The van der Waals surface area contributed by atoms with Gasteiger partial charge in [0.2, 0.25) is 0 Å². The third-order valence-electron chi connectivity index (χ3n) is 2.57. The highest BCUT2D eigenvalue weighted by atomic mass is 14.3. The van der Waals surface area contributed by atoms with Gasteiger partial charge in [0.15, 0.2) is 0 Å². The van der Waals surface area contributed by atoms with Crippen molar-refractivity contribution in [3.05, 3.63) is 12.2 Å². The van der Waals surface area contributed by atoms with Crippen LogP contribution in [0.3, 0.4) is 0 Å². The predicted octanol–water partition coefficient (Wildman–Crippen LogP) is 3.00. The van der Waals surface area contributed by atoms with Crippen LogP contribution in [0.2, 0.25) is 0 Å². The van der Waals surface area contributed by atoms with Crippen LogP contribution in [0.1, 0.15) is 33.1 Å². The van der Waals surface area contributed by atoms with Crippen LogP contribution >= 0.6 is 0 Å². The van der Waals surface area contributed by atoms with E-state index >= 15 is 0 Å². The van der Waals surface area contributed by atoms with Crippen molar-refractivity contribution in [2.24, 2.45) is 11.8 Å². The molecule has 1 fully saturated rings. The van der Waals surface area contributed by atoms with Gasteiger partial charge in [-0.05, 0) is 31.1 Å². The normalized spacial score (nSPS) is 35.6. The van der Waals surface area contributed by atoms with Crippen LogP contribution in [0.4, 0.5) is 0 Å². The minimum atomic E-state index is 0.838. The van der Waals surface area contributed by atoms with Gasteiger partial charge >= 0.3 is 0 Å². The van der Waals surface area contributed by atoms with E-state index in [9.17, 15) is 0 Å². The summed E-state index contributed by atoms with van der Waals surface area (Å²) in [5, 5.41) is 0. The zero-order valence-corrected chi connectivity index (χ0v) is 6.48. The van der Waals surface area contributed by atoms with Gasteiger partial charge in [0.1, 0.15) is 0 Å². The molecule has 1 aliphatic rings. The van der Waals surface area contributed by atoms with Crippen LogP contribution in [-0.2, 0) is 0 Å². The molecule has 0 aromatic heterocycles. The lowest BCUT2D eigenvalue weighted by atomic mass is 9.93. The Labute approximate surface area is 58.0 Å². The van der Waals surface area contributed by atoms with E-state index in [1.165, 1.54) is 24.8 Å². The molecule has 0 spiro atoms. The van der Waals surface area contributed by atoms with Crippen molar-refractivity contribution in [2.45, 2.75) is 33.1 Å². The Morgan fingerprint density at radius 1 is 1.67 bits per heavy atom. The molecule has 0 N–H and O–H groups in total. The van der Waals surface area contributed by atoms with Crippen LogP contribution in [0.5, 0.6) is 0 Å². The van der Waals surface area contributed by atoms with Crippen molar-refractivity contribution in [3.8, 4) is 0 Å². The number of allylic oxidation sites excluding steroid dienone is 1. The monoisotopic (exact) mass is 124 g/mol. The van der Waals surface area contributed by atoms with E-state index in [4.69, 9.17) is 0 Å². The lowest BCUT2D eigenvalue weighted by Gasteiger charge is -2.12. The van der Waals surface area contributed by atoms with Crippen LogP contribution in [0, 0.1) is 11.8 Å². The minimum absolute atomic E-state index is 0.838. The van der Waals surface area contributed by atoms with Crippen LogP contribution in [0.25, 0.3) is 0 Å². The Hall–Kier alpha value is -0.260. The molecule has 0 aromatic rings. The molecule has 2 atom stereocenters. The summed E-state index contributed by atoms with van der Waals surface area (Å²) in [5.41, 5.74) is 1.49. The maximum absolute atomic E-state index is 4.06. The number of hydrogen-bond acceptors (Lipinski definition) is 0. The SMILES string of the molecule is C=C1CCC(C)C1CC. The second-order valence-corrected chi connectivity index (χ2v) is 3.19. The van der Waals surface area contributed by atoms with Gasteiger partial charge in [0, 0.05) is 0 Å². The third kappa shape index (κ3) is 1.17. The predicted molar refractivity (Wildman–Crippen MR) is 41.3 cm³/mol. The highest BCUT2D eigenvalue weighted by Gasteiger charge is 2.24. The van der Waals surface area contributed by atoms with Crippen LogP contribution in [0.15, 0.2) is 12.2 Å². The van der Waals surface area contributed by atoms with E-state index in [0.717, 1.165) is 11.8 Å². The Kier molecular flexibility index (Phi) is 1.94. The first-order chi connectivity index (χ1) is 4.25. The lowest BCUT2D eigenvalue weighted by molar-refractivity contribution is 0.448. The molecule has 0 radical (unpaired) electrons. The Morgan fingerprint density at radius 3 is 2.56 bits per heavy atom. The summed E-state index contributed by atoms with van der Waals surface area (Å²) in [4.78, 5) is 0. The van der Waals surface area contributed by atoms with E-state index < -0.39 is 0 Å². The lowest BCUT2D eigenvalue weighted by Crippen LogP contribution is -2.02. The molecule has 0 aromatic carbocycles. The zero-order valence-electron chi connectivity index (χ0n) is 6.48. The summed E-state index contributed by atoms with van der Waals surface area (Å²) >= 11 is 0. The standard InChI is InChI=1S/C9H16/c1-4-9-7(2)5-6-8(9)3/h8-9H,2,4-6H2,1,3H3. The van der Waals surface area contributed by atoms with E-state index in [1.54, 1.807) is 0 Å². The summed E-state index contributed by atoms with van der Waals surface area (Å²) in [5.74, 6) is 1.74. The highest BCUT2D eigenvalue weighted by Crippen LogP contribution is 2.36. The average Bonchev–Trinajstić information content (AvgIpc) is 2.12. The molecular formula is C9H16. The van der Waals surface area contributed by atoms with Gasteiger partial charge in [0.05, 0.1) is 0 Å². The first kappa shape index (κ1) is 6.85. The number of hydrogen-bond donors (Lipinski definition) is 0. The molecule has 52 valence electrons. The van der Waals surface area contributed by atoms with Crippen LogP contribution < -0.4 is 0 Å². The van der Waals surface area contributed by atoms with Gasteiger partial charge in [-0.25, -0.2) is 0 Å². The number of rotatable bonds is 1. The molecule has 2 unspecified atom stereocenters. The first-order valence-corrected chi connectivity index (χ1v) is 3.93. The van der Waals surface area contributed by atoms with E-state index in [-0.39, 0.29) is 0 Å². The van der Waals surface area contributed by atoms with Gasteiger partial charge in [-0.1, -0.05) is 26.0 Å². The quantitative estimate of drug-likeness (QED) is 0.471. The maximum atomic E-state index is 4.06. The Morgan fingerprint density at radius 2 is 2.33 bits per heavy atom. The first-order valence-electron chi connectivity index (χ1n) is 3.93. The van der Waals surface area contributed by atoms with Gasteiger partial charge in [-0.3, -0.25) is 0 Å². The molecule has 0 nitrogen and oxygen atoms in total. The molecule has 0 heteroatoms. The molecule has 1 aliphatic carbocycles. The summed E-state index contributed by atoms with van der Waals surface area (Å²) in [7, 11) is 0. The van der Waals surface area contributed by atoms with Crippen molar-refractivity contribution in [3.63, 3.8) is 0 Å². The molecule has 9 heavy (non-hydrogen) atoms. The van der Waals surface area contributed by atoms with Gasteiger partial charge in [-0.2, -0.15) is 0 Å². The van der Waals surface area contributed by atoms with Crippen molar-refractivity contribution in [1.29, 1.82) is 0 Å². The molecule has 0 saturated heterocycles. The summed E-state index contributed by atoms with van der Waals surface area (Å²) in [6.45, 7) is 8.66. The molecule has 0 heterocycles. The van der Waals surface area contributed by atoms with E-state index in [0.29, 0.717) is 0 Å². The largest absolute Gasteiger partial charge is 0.0996 e. The fourth-order valence-corrected chi connectivity index (χ4v) is 1.89. The molecule has 1 saturated carbocycles. The highest BCUT2D eigenvalue weighted by molar-refractivity contribution is 5.07. The topological polar surface area (TPSA) is 0 Å². The van der Waals surface area contributed by atoms with E-state index in [2.05, 4.69) is 20.4 Å². The van der Waals surface area contributed by atoms with Gasteiger partial charge in [-0.15, -0.1) is 0 Å². The van der Waals surface area contributed by atoms with Crippen molar-refractivity contribution >= 4 is 0 Å². The summed E-state index contributed by atoms with van der Waals surface area (Å²) in [6, 6.07) is 0. The Bertz CT molecular complexity index is 113. The Balaban J connectivity index is 2.55. The third-order valence-corrected chi connectivity index (χ3v) is 2.57. The average molecular weight is 124 g/mol. The fourth-order valence-electron chi connectivity index (χ4n) is 1.89. The maximum Gasteiger partial charge on any atom is -0.0183 e. The second-order valence-electron chi connectivity index (χ2n) is 3.19. The second kappa shape index (κ2) is 2.55. The van der Waals surface area contributed by atoms with Crippen molar-refractivity contribution in [2.75, 3.05) is 0 Å². The minimum Gasteiger partial charge on any atom is -0.0996 e. The van der Waals surface area contributed by atoms with Crippen molar-refractivity contribution < 1.29 is 0 Å². The molecule has 1 rings (SSSR count). The molecule has 0 bridgehead atoms. The van der Waals surface area contributed by atoms with Crippen molar-refractivity contribution in [1.82, 2.24) is 0 Å². The molecular weight excluding hydrogens is 108 g/mol. The van der Waals surface area contributed by atoms with Gasteiger partial charge < -0.3 is 0 Å². The fraction of sp³-hybridized carbons (Fsp3) is 0.778.